The van der Waals surface area contributed by atoms with Gasteiger partial charge in [-0.05, 0) is 12.8 Å². The van der Waals surface area contributed by atoms with Gasteiger partial charge in [0.05, 0.1) is 37.4 Å². The van der Waals surface area contributed by atoms with Gasteiger partial charge in [-0.15, -0.1) is 0 Å². The Morgan fingerprint density at radius 2 is 1.46 bits per heavy atom. The summed E-state index contributed by atoms with van der Waals surface area (Å²) in [7, 11) is 0. The third-order valence-corrected chi connectivity index (χ3v) is 6.62. The Kier molecular flexibility index (Phi) is 10.5. The van der Waals surface area contributed by atoms with Gasteiger partial charge in [-0.2, -0.15) is 5.48 Å². The summed E-state index contributed by atoms with van der Waals surface area (Å²) in [5, 5.41) is 69.3. The fraction of sp³-hybridized carbons (Fsp3) is 1.00. The van der Waals surface area contributed by atoms with Crippen molar-refractivity contribution >= 4 is 0 Å². The topological polar surface area (TPSA) is 290 Å². The van der Waals surface area contributed by atoms with Crippen LogP contribution in [-0.2, 0) is 23.8 Å². The van der Waals surface area contributed by atoms with E-state index in [4.69, 9.17) is 41.4 Å². The molecule has 1 unspecified atom stereocenters. The Hall–Kier alpha value is -0.680. The first kappa shape index (κ1) is 28.9. The largest absolute Gasteiger partial charge is 0.394 e. The van der Waals surface area contributed by atoms with Crippen molar-refractivity contribution in [3.05, 3.63) is 0 Å². The number of hydrogen-bond donors (Lipinski definition) is 12. The molecule has 3 fully saturated rings. The average molecular weight is 516 g/mol. The van der Waals surface area contributed by atoms with Crippen LogP contribution < -0.4 is 28.3 Å². The van der Waals surface area contributed by atoms with Crippen molar-refractivity contribution in [2.24, 2.45) is 17.2 Å². The number of hydroxylamine groups is 1. The lowest BCUT2D eigenvalue weighted by Crippen LogP contribution is -2.68. The molecule has 14 atom stereocenters. The molecule has 1 aliphatic carbocycles. The predicted octanol–water partition coefficient (Wildman–Crippen LogP) is -6.32. The Labute approximate surface area is 200 Å². The molecular weight excluding hydrogens is 478 g/mol. The molecule has 2 saturated heterocycles. The summed E-state index contributed by atoms with van der Waals surface area (Å²) in [5.41, 5.74) is 21.5. The van der Waals surface area contributed by atoms with E-state index in [-0.39, 0.29) is 19.4 Å². The zero-order chi connectivity index (χ0) is 25.9. The van der Waals surface area contributed by atoms with Crippen molar-refractivity contribution in [1.29, 1.82) is 0 Å². The maximum absolute atomic E-state index is 11.1. The molecule has 1 saturated carbocycles. The summed E-state index contributed by atoms with van der Waals surface area (Å²) in [6.45, 7) is -0.840. The standard InChI is InChI=1S/C18H37N5O12/c19-5-1-7(22-29)16(35-18-13(27)11(21)12(26)9(3-24)32-18)14(28)15(5)34-17-6(20)2-8(25)10(33-17)4-31-23-30/h5-18,22-30H,1-4,19-21H2/t5-,6+,7+,8-,9+,10+,11-,12+,13+,14-,15?,16-,17+,18+/m0/s1. The van der Waals surface area contributed by atoms with Gasteiger partial charge in [0.1, 0.15) is 42.7 Å². The van der Waals surface area contributed by atoms with E-state index in [1.54, 1.807) is 0 Å². The second-order valence-electron chi connectivity index (χ2n) is 9.02. The highest BCUT2D eigenvalue weighted by atomic mass is 16.8. The van der Waals surface area contributed by atoms with Crippen molar-refractivity contribution in [3.8, 4) is 0 Å². The Bertz CT molecular complexity index is 655. The summed E-state index contributed by atoms with van der Waals surface area (Å²) in [6, 6.07) is -3.78. The highest BCUT2D eigenvalue weighted by molar-refractivity contribution is 5.01. The number of hydrogen-bond acceptors (Lipinski definition) is 17. The maximum Gasteiger partial charge on any atom is 0.186 e. The van der Waals surface area contributed by atoms with Crippen LogP contribution in [0.15, 0.2) is 0 Å². The van der Waals surface area contributed by atoms with Gasteiger partial charge in [0, 0.05) is 6.04 Å². The van der Waals surface area contributed by atoms with Gasteiger partial charge in [0.15, 0.2) is 12.6 Å². The molecule has 2 heterocycles. The van der Waals surface area contributed by atoms with E-state index in [1.165, 1.54) is 5.64 Å². The molecule has 0 radical (unpaired) electrons. The summed E-state index contributed by atoms with van der Waals surface area (Å²) in [6.07, 6.45) is -12.3. The van der Waals surface area contributed by atoms with Crippen LogP contribution in [0.4, 0.5) is 0 Å². The quantitative estimate of drug-likeness (QED) is 0.127. The van der Waals surface area contributed by atoms with Crippen LogP contribution >= 0.6 is 0 Å². The lowest BCUT2D eigenvalue weighted by atomic mass is 9.84. The second-order valence-corrected chi connectivity index (χ2v) is 9.02. The van der Waals surface area contributed by atoms with E-state index in [9.17, 15) is 30.7 Å². The van der Waals surface area contributed by atoms with Gasteiger partial charge >= 0.3 is 0 Å². The molecule has 3 rings (SSSR count). The number of aliphatic hydroxyl groups is 5. The Morgan fingerprint density at radius 1 is 0.800 bits per heavy atom. The molecule has 0 amide bonds. The smallest absolute Gasteiger partial charge is 0.186 e. The molecule has 15 N–H and O–H groups in total. The lowest BCUT2D eigenvalue weighted by Gasteiger charge is -2.48. The molecule has 0 aromatic carbocycles. The first-order chi connectivity index (χ1) is 16.6. The predicted molar refractivity (Wildman–Crippen MR) is 111 cm³/mol. The first-order valence-electron chi connectivity index (χ1n) is 11.2. The third kappa shape index (κ3) is 6.43. The average Bonchev–Trinajstić information content (AvgIpc) is 2.83. The van der Waals surface area contributed by atoms with Crippen molar-refractivity contribution in [1.82, 2.24) is 11.1 Å². The van der Waals surface area contributed by atoms with Crippen LogP contribution in [-0.4, -0.2) is 135 Å². The molecule has 0 spiro atoms. The van der Waals surface area contributed by atoms with Crippen LogP contribution in [0.5, 0.6) is 0 Å². The third-order valence-electron chi connectivity index (χ3n) is 6.62. The monoisotopic (exact) mass is 515 g/mol. The molecule has 206 valence electrons. The number of aliphatic hydroxyl groups excluding tert-OH is 5. The molecular formula is C18H37N5O12. The minimum Gasteiger partial charge on any atom is -0.394 e. The molecule has 35 heavy (non-hydrogen) atoms. The van der Waals surface area contributed by atoms with Gasteiger partial charge in [-0.3, -0.25) is 10.0 Å². The Morgan fingerprint density at radius 3 is 2.09 bits per heavy atom. The van der Waals surface area contributed by atoms with Gasteiger partial charge in [-0.25, -0.2) is 0 Å². The van der Waals surface area contributed by atoms with E-state index in [1.807, 2.05) is 5.48 Å². The SMILES string of the molecule is N[C@@H]1[C@@H](O)[C@@H](O[C@H]2[C@H](NO)C[C@H](N)C(O[C@H]3O[C@H](CONO)[C@@H](O)C[C@H]3N)[C@@H]2O)O[C@H](CO)[C@H]1O. The second kappa shape index (κ2) is 12.7. The van der Waals surface area contributed by atoms with Crippen LogP contribution in [0, 0.1) is 0 Å². The number of nitrogens with one attached hydrogen (secondary N) is 2. The lowest BCUT2D eigenvalue weighted by molar-refractivity contribution is -0.320. The molecule has 17 nitrogen and oxygen atoms in total. The fourth-order valence-electron chi connectivity index (χ4n) is 4.57. The highest BCUT2D eigenvalue weighted by Gasteiger charge is 2.51. The zero-order valence-corrected chi connectivity index (χ0v) is 18.8. The maximum atomic E-state index is 11.1. The van der Waals surface area contributed by atoms with Crippen LogP contribution in [0.2, 0.25) is 0 Å². The zero-order valence-electron chi connectivity index (χ0n) is 18.8. The van der Waals surface area contributed by atoms with E-state index >= 15 is 0 Å². The number of ether oxygens (including phenoxy) is 4. The molecule has 2 aliphatic heterocycles. The van der Waals surface area contributed by atoms with E-state index in [0.717, 1.165) is 0 Å². The first-order valence-corrected chi connectivity index (χ1v) is 11.2. The summed E-state index contributed by atoms with van der Waals surface area (Å²) in [5.74, 6) is 0. The van der Waals surface area contributed by atoms with Gasteiger partial charge in [0.25, 0.3) is 0 Å². The Balaban J connectivity index is 1.72. The van der Waals surface area contributed by atoms with E-state index in [0.29, 0.717) is 0 Å². The molecule has 3 aliphatic rings. The summed E-state index contributed by atoms with van der Waals surface area (Å²) < 4.78 is 22.7. The molecule has 0 bridgehead atoms. The number of rotatable bonds is 9. The van der Waals surface area contributed by atoms with Crippen molar-refractivity contribution < 1.29 is 59.7 Å². The van der Waals surface area contributed by atoms with Gasteiger partial charge in [-0.1, -0.05) is 5.64 Å². The van der Waals surface area contributed by atoms with Crippen molar-refractivity contribution in [2.75, 3.05) is 13.2 Å². The molecule has 17 heteroatoms. The van der Waals surface area contributed by atoms with Crippen molar-refractivity contribution in [3.63, 3.8) is 0 Å². The van der Waals surface area contributed by atoms with Gasteiger partial charge in [0.2, 0.25) is 0 Å². The summed E-state index contributed by atoms with van der Waals surface area (Å²) >= 11 is 0. The highest BCUT2D eigenvalue weighted by Crippen LogP contribution is 2.31. The normalized spacial score (nSPS) is 49.2. The van der Waals surface area contributed by atoms with Crippen LogP contribution in [0.25, 0.3) is 0 Å². The summed E-state index contributed by atoms with van der Waals surface area (Å²) in [4.78, 5) is 4.64. The number of nitrogens with two attached hydrogens (primary N) is 3. The minimum absolute atomic E-state index is 0.0371. The van der Waals surface area contributed by atoms with Crippen LogP contribution in [0.1, 0.15) is 12.8 Å². The van der Waals surface area contributed by atoms with Crippen molar-refractivity contribution in [2.45, 2.75) is 98.4 Å². The van der Waals surface area contributed by atoms with E-state index < -0.39 is 92.2 Å². The fourth-order valence-corrected chi connectivity index (χ4v) is 4.57. The van der Waals surface area contributed by atoms with Gasteiger partial charge < -0.3 is 66.9 Å². The van der Waals surface area contributed by atoms with Crippen LogP contribution in [0.3, 0.4) is 0 Å². The van der Waals surface area contributed by atoms with E-state index in [2.05, 4.69) is 4.84 Å². The molecule has 0 aromatic heterocycles. The molecule has 0 aromatic rings. The minimum atomic E-state index is -1.52.